The highest BCUT2D eigenvalue weighted by atomic mass is 16.5. The number of benzene rings is 2. The zero-order valence-electron chi connectivity index (χ0n) is 13.2. The van der Waals surface area contributed by atoms with E-state index in [1.807, 2.05) is 19.1 Å². The van der Waals surface area contributed by atoms with E-state index < -0.39 is 0 Å². The van der Waals surface area contributed by atoms with Gasteiger partial charge >= 0.3 is 0 Å². The summed E-state index contributed by atoms with van der Waals surface area (Å²) in [5.41, 5.74) is 1.55. The number of rotatable bonds is 4. The predicted octanol–water partition coefficient (Wildman–Crippen LogP) is 3.19. The Kier molecular flexibility index (Phi) is 4.30. The molecule has 0 spiro atoms. The summed E-state index contributed by atoms with van der Waals surface area (Å²) in [4.78, 5) is 0. The monoisotopic (exact) mass is 316 g/mol. The lowest BCUT2D eigenvalue weighted by molar-refractivity contribution is -0.0331. The van der Waals surface area contributed by atoms with E-state index >= 15 is 0 Å². The Hall–Kier alpha value is -2.40. The van der Waals surface area contributed by atoms with Crippen molar-refractivity contribution in [1.29, 1.82) is 0 Å². The van der Waals surface area contributed by atoms with Gasteiger partial charge < -0.3 is 24.4 Å². The summed E-state index contributed by atoms with van der Waals surface area (Å²) in [7, 11) is 1.51. The molecule has 1 aliphatic rings. The van der Waals surface area contributed by atoms with Crippen molar-refractivity contribution >= 4 is 0 Å². The van der Waals surface area contributed by atoms with Gasteiger partial charge in [0.15, 0.2) is 17.6 Å². The fourth-order valence-electron chi connectivity index (χ4n) is 2.92. The number of fused-ring (bicyclic) bond motifs is 1. The molecule has 1 aliphatic heterocycles. The quantitative estimate of drug-likeness (QED) is 0.906. The van der Waals surface area contributed by atoms with Gasteiger partial charge in [0.05, 0.1) is 7.11 Å². The van der Waals surface area contributed by atoms with Gasteiger partial charge in [-0.15, -0.1) is 0 Å². The largest absolute Gasteiger partial charge is 0.508 e. The van der Waals surface area contributed by atoms with Crippen molar-refractivity contribution in [3.63, 3.8) is 0 Å². The first-order valence-corrected chi connectivity index (χ1v) is 7.60. The lowest BCUT2D eigenvalue weighted by Crippen LogP contribution is -2.33. The highest BCUT2D eigenvalue weighted by Gasteiger charge is 2.33. The molecule has 2 aromatic carbocycles. The highest BCUT2D eigenvalue weighted by Crippen LogP contribution is 2.41. The molecular formula is C18H20O5. The maximum atomic E-state index is 10.0. The Bertz CT molecular complexity index is 698. The third-order valence-electron chi connectivity index (χ3n) is 4.02. The van der Waals surface area contributed by atoms with E-state index in [9.17, 15) is 10.2 Å². The Morgan fingerprint density at radius 1 is 1.17 bits per heavy atom. The van der Waals surface area contributed by atoms with Gasteiger partial charge in [-0.1, -0.05) is 12.1 Å². The summed E-state index contributed by atoms with van der Waals surface area (Å²) >= 11 is 0. The van der Waals surface area contributed by atoms with Crippen LogP contribution < -0.4 is 9.47 Å². The van der Waals surface area contributed by atoms with E-state index in [0.29, 0.717) is 24.5 Å². The molecule has 0 aliphatic carbocycles. The molecule has 0 aromatic heterocycles. The van der Waals surface area contributed by atoms with Crippen LogP contribution in [0.1, 0.15) is 24.2 Å². The zero-order valence-corrected chi connectivity index (χ0v) is 13.2. The molecule has 5 heteroatoms. The van der Waals surface area contributed by atoms with E-state index in [2.05, 4.69) is 0 Å². The van der Waals surface area contributed by atoms with Gasteiger partial charge in [-0.05, 0) is 36.8 Å². The number of phenols is 2. The third kappa shape index (κ3) is 2.92. The summed E-state index contributed by atoms with van der Waals surface area (Å²) in [6.45, 7) is 2.46. The molecule has 0 saturated heterocycles. The number of aromatic hydroxyl groups is 2. The minimum Gasteiger partial charge on any atom is -0.508 e. The first-order chi connectivity index (χ1) is 11.1. The fraction of sp³-hybridized carbons (Fsp3) is 0.333. The van der Waals surface area contributed by atoms with Crippen LogP contribution in [0, 0.1) is 0 Å². The molecule has 5 nitrogen and oxygen atoms in total. The Labute approximate surface area is 135 Å². The molecule has 0 amide bonds. The van der Waals surface area contributed by atoms with Crippen molar-refractivity contribution in [2.45, 2.75) is 25.6 Å². The maximum absolute atomic E-state index is 10.0. The van der Waals surface area contributed by atoms with Crippen molar-refractivity contribution in [3.8, 4) is 23.0 Å². The molecule has 0 fully saturated rings. The lowest BCUT2D eigenvalue weighted by Gasteiger charge is -2.34. The predicted molar refractivity (Wildman–Crippen MR) is 85.3 cm³/mol. The van der Waals surface area contributed by atoms with Crippen LogP contribution in [0.5, 0.6) is 23.0 Å². The van der Waals surface area contributed by atoms with Crippen molar-refractivity contribution in [2.75, 3.05) is 13.7 Å². The summed E-state index contributed by atoms with van der Waals surface area (Å²) in [5, 5.41) is 20.0. The minimum atomic E-state index is -0.360. The Morgan fingerprint density at radius 3 is 2.70 bits per heavy atom. The van der Waals surface area contributed by atoms with E-state index in [-0.39, 0.29) is 23.7 Å². The van der Waals surface area contributed by atoms with Crippen LogP contribution in [0.15, 0.2) is 36.4 Å². The van der Waals surface area contributed by atoms with Gasteiger partial charge in [0.25, 0.3) is 0 Å². The standard InChI is InChI=1S/C18H20O5/c1-3-22-17-10-12-13(19)5-4-6-15(12)23-18(17)11-7-8-16(21-2)14(20)9-11/h4-9,17-20H,3,10H2,1-2H3/t17-,18+/m1/s1. The average molecular weight is 316 g/mol. The van der Waals surface area contributed by atoms with Gasteiger partial charge in [0.1, 0.15) is 17.6 Å². The van der Waals surface area contributed by atoms with Crippen LogP contribution in [0.25, 0.3) is 0 Å². The normalized spacial score (nSPS) is 19.7. The van der Waals surface area contributed by atoms with Gasteiger partial charge in [0.2, 0.25) is 0 Å². The summed E-state index contributed by atoms with van der Waals surface area (Å²) in [5.74, 6) is 1.32. The molecule has 2 aromatic rings. The average Bonchev–Trinajstić information content (AvgIpc) is 2.55. The van der Waals surface area contributed by atoms with Crippen LogP contribution in [0.3, 0.4) is 0 Å². The van der Waals surface area contributed by atoms with E-state index in [1.54, 1.807) is 24.3 Å². The molecule has 3 rings (SSSR count). The number of ether oxygens (including phenoxy) is 3. The van der Waals surface area contributed by atoms with E-state index in [0.717, 1.165) is 11.1 Å². The second-order valence-electron chi connectivity index (χ2n) is 5.42. The summed E-state index contributed by atoms with van der Waals surface area (Å²) in [6, 6.07) is 10.4. The van der Waals surface area contributed by atoms with Crippen LogP contribution in [0.2, 0.25) is 0 Å². The highest BCUT2D eigenvalue weighted by molar-refractivity contribution is 5.48. The Balaban J connectivity index is 1.98. The molecule has 2 N–H and O–H groups in total. The molecule has 0 unspecified atom stereocenters. The second kappa shape index (κ2) is 6.38. The molecule has 122 valence electrons. The molecule has 0 saturated carbocycles. The van der Waals surface area contributed by atoms with Gasteiger partial charge in [0, 0.05) is 18.6 Å². The Morgan fingerprint density at radius 2 is 2.00 bits per heavy atom. The molecular weight excluding hydrogens is 296 g/mol. The summed E-state index contributed by atoms with van der Waals surface area (Å²) in [6.07, 6.45) is -0.0533. The van der Waals surface area contributed by atoms with Crippen LogP contribution in [0.4, 0.5) is 0 Å². The van der Waals surface area contributed by atoms with E-state index in [1.165, 1.54) is 7.11 Å². The van der Waals surface area contributed by atoms with Gasteiger partial charge in [-0.25, -0.2) is 0 Å². The second-order valence-corrected chi connectivity index (χ2v) is 5.42. The first-order valence-electron chi connectivity index (χ1n) is 7.60. The smallest absolute Gasteiger partial charge is 0.160 e. The van der Waals surface area contributed by atoms with Crippen molar-refractivity contribution in [1.82, 2.24) is 0 Å². The van der Waals surface area contributed by atoms with Crippen LogP contribution >= 0.6 is 0 Å². The molecule has 0 radical (unpaired) electrons. The molecule has 1 heterocycles. The number of hydrogen-bond acceptors (Lipinski definition) is 5. The SMILES string of the molecule is CCO[C@@H]1Cc2c(O)cccc2O[C@H]1c1ccc(OC)c(O)c1. The maximum Gasteiger partial charge on any atom is 0.160 e. The zero-order chi connectivity index (χ0) is 16.4. The topological polar surface area (TPSA) is 68.2 Å². The fourth-order valence-corrected chi connectivity index (χ4v) is 2.92. The van der Waals surface area contributed by atoms with Gasteiger partial charge in [-0.3, -0.25) is 0 Å². The first kappa shape index (κ1) is 15.5. The van der Waals surface area contributed by atoms with E-state index in [4.69, 9.17) is 14.2 Å². The number of hydrogen-bond donors (Lipinski definition) is 2. The third-order valence-corrected chi connectivity index (χ3v) is 4.02. The molecule has 2 atom stereocenters. The van der Waals surface area contributed by atoms with Gasteiger partial charge in [-0.2, -0.15) is 0 Å². The minimum absolute atomic E-state index is 0.0607. The lowest BCUT2D eigenvalue weighted by atomic mass is 9.94. The van der Waals surface area contributed by atoms with Crippen LogP contribution in [-0.2, 0) is 11.2 Å². The molecule has 0 bridgehead atoms. The van der Waals surface area contributed by atoms with Crippen molar-refractivity contribution < 1.29 is 24.4 Å². The number of methoxy groups -OCH3 is 1. The molecule has 23 heavy (non-hydrogen) atoms. The van der Waals surface area contributed by atoms with Crippen molar-refractivity contribution in [2.24, 2.45) is 0 Å². The number of phenolic OH excluding ortho intramolecular Hbond substituents is 2. The summed E-state index contributed by atoms with van der Waals surface area (Å²) < 4.78 is 16.9. The van der Waals surface area contributed by atoms with Crippen LogP contribution in [-0.4, -0.2) is 30.0 Å². The van der Waals surface area contributed by atoms with Crippen molar-refractivity contribution in [3.05, 3.63) is 47.5 Å².